The summed E-state index contributed by atoms with van der Waals surface area (Å²) in [7, 11) is 1.57. The molecule has 1 aliphatic rings. The molecule has 2 aromatic heterocycles. The summed E-state index contributed by atoms with van der Waals surface area (Å²) in [6.45, 7) is 6.89. The first-order valence-corrected chi connectivity index (χ1v) is 11.9. The summed E-state index contributed by atoms with van der Waals surface area (Å²) in [6, 6.07) is 6.96. The quantitative estimate of drug-likeness (QED) is 0.606. The molecule has 1 N–H and O–H groups in total. The second-order valence-corrected chi connectivity index (χ2v) is 10.6. The zero-order valence-corrected chi connectivity index (χ0v) is 20.5. The number of aromatic nitrogens is 1. The van der Waals surface area contributed by atoms with E-state index in [0.29, 0.717) is 34.1 Å². The van der Waals surface area contributed by atoms with Crippen LogP contribution in [-0.2, 0) is 4.74 Å². The Bertz CT molecular complexity index is 918. The minimum absolute atomic E-state index is 0.158. The molecule has 9 heteroatoms. The number of nitrogens with zero attached hydrogens (tertiary/aromatic N) is 2. The molecule has 0 aromatic carbocycles. The lowest BCUT2D eigenvalue weighted by Crippen LogP contribution is -2.42. The van der Waals surface area contributed by atoms with E-state index in [1.54, 1.807) is 36.4 Å². The normalized spacial score (nSPS) is 15.8. The molecule has 32 heavy (non-hydrogen) atoms. The van der Waals surface area contributed by atoms with Crippen molar-refractivity contribution in [3.8, 4) is 5.88 Å². The Labute approximate surface area is 198 Å². The maximum atomic E-state index is 12.8. The Morgan fingerprint density at radius 1 is 1.25 bits per heavy atom. The van der Waals surface area contributed by atoms with Crippen molar-refractivity contribution in [1.29, 1.82) is 0 Å². The second kappa shape index (κ2) is 10.5. The summed E-state index contributed by atoms with van der Waals surface area (Å²) in [4.78, 5) is 31.8. The lowest BCUT2D eigenvalue weighted by molar-refractivity contribution is 0.0178. The predicted octanol–water partition coefficient (Wildman–Crippen LogP) is 5.31. The molecule has 0 bridgehead atoms. The van der Waals surface area contributed by atoms with Crippen molar-refractivity contribution in [1.82, 2.24) is 15.2 Å². The molecule has 0 unspecified atom stereocenters. The largest absolute Gasteiger partial charge is 0.481 e. The van der Waals surface area contributed by atoms with E-state index in [0.717, 1.165) is 24.8 Å². The van der Waals surface area contributed by atoms with Gasteiger partial charge in [0.05, 0.1) is 22.4 Å². The van der Waals surface area contributed by atoms with Gasteiger partial charge in [-0.3, -0.25) is 4.79 Å². The summed E-state index contributed by atoms with van der Waals surface area (Å²) in [5, 5.41) is 3.14. The number of hydrogen-bond acceptors (Lipinski definition) is 6. The van der Waals surface area contributed by atoms with Crippen LogP contribution in [0.4, 0.5) is 4.79 Å². The number of pyridine rings is 1. The molecule has 7 nitrogen and oxygen atoms in total. The van der Waals surface area contributed by atoms with E-state index in [1.165, 1.54) is 11.3 Å². The third kappa shape index (κ3) is 6.84. The molecule has 1 fully saturated rings. The second-order valence-electron chi connectivity index (χ2n) is 8.91. The first-order valence-electron chi connectivity index (χ1n) is 10.7. The average molecular weight is 480 g/mol. The van der Waals surface area contributed by atoms with E-state index in [2.05, 4.69) is 10.3 Å². The maximum absolute atomic E-state index is 12.8. The van der Waals surface area contributed by atoms with Gasteiger partial charge in [0.2, 0.25) is 5.88 Å². The Kier molecular flexibility index (Phi) is 8.00. The molecule has 1 atom stereocenters. The number of nitrogens with one attached hydrogen (secondary N) is 1. The first-order chi connectivity index (χ1) is 15.1. The van der Waals surface area contributed by atoms with Gasteiger partial charge in [0.15, 0.2) is 0 Å². The van der Waals surface area contributed by atoms with Gasteiger partial charge in [-0.1, -0.05) is 17.7 Å². The number of thiophene rings is 1. The van der Waals surface area contributed by atoms with E-state index >= 15 is 0 Å². The van der Waals surface area contributed by atoms with Gasteiger partial charge in [-0.15, -0.1) is 11.3 Å². The third-order valence-electron chi connectivity index (χ3n) is 5.31. The number of amides is 2. The maximum Gasteiger partial charge on any atom is 0.410 e. The summed E-state index contributed by atoms with van der Waals surface area (Å²) in [5.41, 5.74) is 0.409. The van der Waals surface area contributed by atoms with E-state index in [-0.39, 0.29) is 18.0 Å². The van der Waals surface area contributed by atoms with Gasteiger partial charge in [0, 0.05) is 25.4 Å². The fourth-order valence-corrected chi connectivity index (χ4v) is 4.62. The topological polar surface area (TPSA) is 80.8 Å². The smallest absolute Gasteiger partial charge is 0.410 e. The van der Waals surface area contributed by atoms with Crippen LogP contribution in [0.15, 0.2) is 30.5 Å². The summed E-state index contributed by atoms with van der Waals surface area (Å²) < 4.78 is 11.2. The number of carbonyl (C=O) groups excluding carboxylic acids is 2. The number of methoxy groups -OCH3 is 1. The Balaban J connectivity index is 1.66. The Morgan fingerprint density at radius 3 is 2.50 bits per heavy atom. The molecule has 0 spiro atoms. The lowest BCUT2D eigenvalue weighted by atomic mass is 9.88. The van der Waals surface area contributed by atoms with Crippen molar-refractivity contribution in [3.63, 3.8) is 0 Å². The summed E-state index contributed by atoms with van der Waals surface area (Å²) >= 11 is 7.25. The van der Waals surface area contributed by atoms with Gasteiger partial charge >= 0.3 is 6.09 Å². The van der Waals surface area contributed by atoms with Crippen molar-refractivity contribution in [2.75, 3.05) is 20.2 Å². The highest BCUT2D eigenvalue weighted by Crippen LogP contribution is 2.30. The van der Waals surface area contributed by atoms with E-state index in [9.17, 15) is 9.59 Å². The molecule has 3 heterocycles. The van der Waals surface area contributed by atoms with Crippen molar-refractivity contribution in [2.24, 2.45) is 5.92 Å². The molecule has 3 rings (SSSR count). The minimum atomic E-state index is -0.505. The van der Waals surface area contributed by atoms with Gasteiger partial charge in [0.1, 0.15) is 5.60 Å². The van der Waals surface area contributed by atoms with Crippen LogP contribution in [0, 0.1) is 5.92 Å². The molecule has 1 saturated heterocycles. The van der Waals surface area contributed by atoms with Crippen LogP contribution in [0.2, 0.25) is 4.34 Å². The van der Waals surface area contributed by atoms with Gasteiger partial charge in [-0.2, -0.15) is 0 Å². The highest BCUT2D eigenvalue weighted by atomic mass is 35.5. The van der Waals surface area contributed by atoms with E-state index < -0.39 is 5.60 Å². The van der Waals surface area contributed by atoms with E-state index in [1.807, 2.05) is 26.8 Å². The Hall–Kier alpha value is -2.32. The number of carbonyl (C=O) groups is 2. The molecule has 0 saturated carbocycles. The van der Waals surface area contributed by atoms with Crippen molar-refractivity contribution < 1.29 is 19.1 Å². The third-order valence-corrected chi connectivity index (χ3v) is 6.54. The van der Waals surface area contributed by atoms with Gasteiger partial charge in [-0.25, -0.2) is 9.78 Å². The molecular formula is C23H30ClN3O4S. The predicted molar refractivity (Wildman–Crippen MR) is 125 cm³/mol. The summed E-state index contributed by atoms with van der Waals surface area (Å²) in [5.74, 6) is 0.719. The molecule has 0 radical (unpaired) electrons. The van der Waals surface area contributed by atoms with E-state index in [4.69, 9.17) is 21.1 Å². The lowest BCUT2D eigenvalue weighted by Gasteiger charge is -2.34. The summed E-state index contributed by atoms with van der Waals surface area (Å²) in [6.07, 6.45) is 3.91. The number of hydrogen-bond donors (Lipinski definition) is 1. The molecule has 2 aromatic rings. The highest BCUT2D eigenvalue weighted by Gasteiger charge is 2.29. The first kappa shape index (κ1) is 24.3. The molecule has 0 aliphatic carbocycles. The fraction of sp³-hybridized carbons (Fsp3) is 0.522. The fourth-order valence-electron chi connectivity index (χ4n) is 3.67. The van der Waals surface area contributed by atoms with Gasteiger partial charge in [-0.05, 0) is 63.6 Å². The van der Waals surface area contributed by atoms with Crippen LogP contribution in [0.1, 0.15) is 61.3 Å². The monoisotopic (exact) mass is 479 g/mol. The number of halogens is 1. The van der Waals surface area contributed by atoms with Crippen LogP contribution in [0.25, 0.3) is 0 Å². The number of ether oxygens (including phenoxy) is 2. The number of rotatable bonds is 6. The van der Waals surface area contributed by atoms with Crippen LogP contribution >= 0.6 is 22.9 Å². The molecule has 174 valence electrons. The van der Waals surface area contributed by atoms with Crippen LogP contribution in [-0.4, -0.2) is 47.7 Å². The standard InChI is InChI=1S/C23H30ClN3O4S/c1-23(2,3)31-22(29)27-11-9-15(10-12-27)13-17(16-5-8-20(30-4)25-14-16)26-21(28)18-6-7-19(24)32-18/h5-8,14-15,17H,9-13H2,1-4H3,(H,26,28)/t17-/m1/s1. The van der Waals surface area contributed by atoms with Crippen LogP contribution < -0.4 is 10.1 Å². The van der Waals surface area contributed by atoms with Gasteiger partial charge in [0.25, 0.3) is 5.91 Å². The zero-order valence-electron chi connectivity index (χ0n) is 18.9. The van der Waals surface area contributed by atoms with Gasteiger partial charge < -0.3 is 19.7 Å². The molecule has 2 amide bonds. The number of piperidine rings is 1. The highest BCUT2D eigenvalue weighted by molar-refractivity contribution is 7.18. The van der Waals surface area contributed by atoms with Crippen molar-refractivity contribution in [2.45, 2.75) is 51.7 Å². The van der Waals surface area contributed by atoms with Crippen LogP contribution in [0.5, 0.6) is 5.88 Å². The minimum Gasteiger partial charge on any atom is -0.481 e. The van der Waals surface area contributed by atoms with Crippen LogP contribution in [0.3, 0.4) is 0 Å². The molecular weight excluding hydrogens is 450 g/mol. The Morgan fingerprint density at radius 2 is 1.97 bits per heavy atom. The zero-order chi connectivity index (χ0) is 23.3. The van der Waals surface area contributed by atoms with Crippen molar-refractivity contribution >= 4 is 34.9 Å². The SMILES string of the molecule is COc1ccc([C@@H](CC2CCN(C(=O)OC(C)(C)C)CC2)NC(=O)c2ccc(Cl)s2)cn1. The number of likely N-dealkylation sites (tertiary alicyclic amines) is 1. The average Bonchev–Trinajstić information content (AvgIpc) is 3.19. The van der Waals surface area contributed by atoms with Crippen molar-refractivity contribution in [3.05, 3.63) is 45.2 Å². The molecule has 1 aliphatic heterocycles.